The molecular weight excluding hydrogens is 328 g/mol. The maximum atomic E-state index is 2.57. The van der Waals surface area contributed by atoms with Crippen LogP contribution in [0.2, 0.25) is 0 Å². The molecule has 0 unspecified atom stereocenters. The van der Waals surface area contributed by atoms with E-state index >= 15 is 0 Å². The number of hydrogen-bond acceptors (Lipinski definition) is 1. The molecule has 0 bridgehead atoms. The Labute approximate surface area is 163 Å². The predicted octanol–water partition coefficient (Wildman–Crippen LogP) is 3.46. The van der Waals surface area contributed by atoms with Gasteiger partial charge in [-0.25, -0.2) is 4.58 Å². The number of aryl methyl sites for hydroxylation is 1. The van der Waals surface area contributed by atoms with Gasteiger partial charge >= 0.3 is 0 Å². The van der Waals surface area contributed by atoms with Crippen LogP contribution in [-0.4, -0.2) is 27.2 Å². The highest BCUT2D eigenvalue weighted by Gasteiger charge is 2.37. The van der Waals surface area contributed by atoms with Crippen LogP contribution in [0.25, 0.3) is 6.08 Å². The minimum atomic E-state index is 0.108. The zero-order valence-corrected chi connectivity index (χ0v) is 17.6. The largest absolute Gasteiger partial charge is 0.378 e. The lowest BCUT2D eigenvalue weighted by Gasteiger charge is -2.38. The molecule has 27 heavy (non-hydrogen) atoms. The van der Waals surface area contributed by atoms with Gasteiger partial charge < -0.3 is 4.90 Å². The lowest BCUT2D eigenvalue weighted by Crippen LogP contribution is -2.43. The molecule has 0 radical (unpaired) electrons. The Morgan fingerprint density at radius 3 is 2.44 bits per heavy atom. The second-order valence-electron chi connectivity index (χ2n) is 8.35. The Kier molecular flexibility index (Phi) is 4.61. The second-order valence-corrected chi connectivity index (χ2v) is 8.35. The molecular formula is C25H33N2+. The fourth-order valence-corrected chi connectivity index (χ4v) is 5.28. The lowest BCUT2D eigenvalue weighted by molar-refractivity contribution is 0.467. The van der Waals surface area contributed by atoms with Crippen LogP contribution in [-0.2, 0) is 11.8 Å². The van der Waals surface area contributed by atoms with E-state index in [1.165, 1.54) is 57.9 Å². The summed E-state index contributed by atoms with van der Waals surface area (Å²) in [5, 5.41) is 2.93. The highest BCUT2D eigenvalue weighted by molar-refractivity contribution is 5.68. The summed E-state index contributed by atoms with van der Waals surface area (Å²) < 4.78 is 2.57. The van der Waals surface area contributed by atoms with E-state index in [1.807, 2.05) is 0 Å². The van der Waals surface area contributed by atoms with Gasteiger partial charge in [0.05, 0.1) is 0 Å². The Hall–Kier alpha value is -2.09. The van der Waals surface area contributed by atoms with Gasteiger partial charge in [0.15, 0.2) is 0 Å². The molecule has 1 aliphatic carbocycles. The van der Waals surface area contributed by atoms with Crippen LogP contribution in [0.15, 0.2) is 30.3 Å². The summed E-state index contributed by atoms with van der Waals surface area (Å²) in [5.74, 6) is 0. The van der Waals surface area contributed by atoms with Crippen molar-refractivity contribution >= 4 is 11.8 Å². The summed E-state index contributed by atoms with van der Waals surface area (Å²) in [6, 6.07) is 12.1. The lowest BCUT2D eigenvalue weighted by atomic mass is 9.65. The molecule has 4 rings (SSSR count). The standard InChI is InChI=1S/C25H33N2/c1-6-25(7-2)22-16-21(26(4)5)12-11-18(22)14-20-15-19-10-9-13-27(8-3)24(19)17-23(20)25/h11-12,14-17H,6-10,13H2,1-5H3/q+1. The van der Waals surface area contributed by atoms with Crippen molar-refractivity contribution in [3.63, 3.8) is 0 Å². The Morgan fingerprint density at radius 2 is 1.78 bits per heavy atom. The van der Waals surface area contributed by atoms with E-state index in [2.05, 4.69) is 80.7 Å². The summed E-state index contributed by atoms with van der Waals surface area (Å²) >= 11 is 0. The Balaban J connectivity index is 2.07. The maximum absolute atomic E-state index is 2.57. The van der Waals surface area contributed by atoms with Crippen LogP contribution < -0.4 is 20.1 Å². The fourth-order valence-electron chi connectivity index (χ4n) is 5.28. The van der Waals surface area contributed by atoms with E-state index < -0.39 is 0 Å². The third kappa shape index (κ3) is 2.72. The number of rotatable bonds is 4. The van der Waals surface area contributed by atoms with E-state index in [9.17, 15) is 0 Å². The van der Waals surface area contributed by atoms with E-state index in [0.29, 0.717) is 0 Å². The van der Waals surface area contributed by atoms with Gasteiger partial charge in [-0.3, -0.25) is 0 Å². The van der Waals surface area contributed by atoms with Crippen LogP contribution in [0.1, 0.15) is 62.3 Å². The van der Waals surface area contributed by atoms with Crippen molar-refractivity contribution in [1.82, 2.24) is 4.58 Å². The van der Waals surface area contributed by atoms with Gasteiger partial charge in [-0.05, 0) is 72.4 Å². The number of benzene rings is 2. The first-order chi connectivity index (χ1) is 13.0. The summed E-state index contributed by atoms with van der Waals surface area (Å²) in [6.45, 7) is 9.30. The molecule has 2 aromatic carbocycles. The highest BCUT2D eigenvalue weighted by atomic mass is 15.1. The average molecular weight is 362 g/mol. The van der Waals surface area contributed by atoms with Crippen molar-refractivity contribution in [3.8, 4) is 0 Å². The summed E-state index contributed by atoms with van der Waals surface area (Å²) in [7, 11) is 4.27. The van der Waals surface area contributed by atoms with Crippen LogP contribution in [0.3, 0.4) is 0 Å². The van der Waals surface area contributed by atoms with Crippen molar-refractivity contribution in [3.05, 3.63) is 63.2 Å². The third-order valence-electron chi connectivity index (χ3n) is 6.95. The van der Waals surface area contributed by atoms with Gasteiger partial charge in [-0.1, -0.05) is 19.9 Å². The summed E-state index contributed by atoms with van der Waals surface area (Å²) in [6.07, 6.45) is 7.19. The highest BCUT2D eigenvalue weighted by Crippen LogP contribution is 2.42. The topological polar surface area (TPSA) is 6.25 Å². The molecule has 142 valence electrons. The van der Waals surface area contributed by atoms with Crippen molar-refractivity contribution in [1.29, 1.82) is 0 Å². The van der Waals surface area contributed by atoms with Gasteiger partial charge in [0.1, 0.15) is 13.1 Å². The maximum Gasteiger partial charge on any atom is 0.203 e. The number of hydrogen-bond donors (Lipinski definition) is 0. The van der Waals surface area contributed by atoms with Crippen LogP contribution in [0.5, 0.6) is 0 Å². The zero-order valence-electron chi connectivity index (χ0n) is 17.6. The van der Waals surface area contributed by atoms with Gasteiger partial charge in [0.25, 0.3) is 0 Å². The van der Waals surface area contributed by atoms with E-state index in [4.69, 9.17) is 0 Å². The zero-order chi connectivity index (χ0) is 19.2. The molecule has 2 nitrogen and oxygen atoms in total. The number of nitrogens with zero attached hydrogens (tertiary/aromatic N) is 2. The predicted molar refractivity (Wildman–Crippen MR) is 116 cm³/mol. The molecule has 0 saturated heterocycles. The van der Waals surface area contributed by atoms with Gasteiger partial charge in [0, 0.05) is 43.2 Å². The Bertz CT molecular complexity index is 994. The van der Waals surface area contributed by atoms with E-state index in [1.54, 1.807) is 0 Å². The molecule has 0 fully saturated rings. The first-order valence-electron chi connectivity index (χ1n) is 10.6. The summed E-state index contributed by atoms with van der Waals surface area (Å²) in [5.41, 5.74) is 7.38. The molecule has 0 spiro atoms. The molecule has 2 heteroatoms. The van der Waals surface area contributed by atoms with Crippen molar-refractivity contribution in [2.45, 2.75) is 51.9 Å². The van der Waals surface area contributed by atoms with E-state index in [0.717, 1.165) is 19.4 Å². The number of anilines is 1. The summed E-state index contributed by atoms with van der Waals surface area (Å²) in [4.78, 5) is 2.22. The first-order valence-corrected chi connectivity index (χ1v) is 10.6. The van der Waals surface area contributed by atoms with Gasteiger partial charge in [0.2, 0.25) is 5.36 Å². The minimum absolute atomic E-state index is 0.108. The molecule has 0 N–H and O–H groups in total. The van der Waals surface area contributed by atoms with Crippen molar-refractivity contribution in [2.24, 2.45) is 0 Å². The monoisotopic (exact) mass is 361 g/mol. The van der Waals surface area contributed by atoms with Gasteiger partial charge in [-0.15, -0.1) is 0 Å². The molecule has 0 aromatic heterocycles. The minimum Gasteiger partial charge on any atom is -0.378 e. The van der Waals surface area contributed by atoms with Crippen LogP contribution in [0, 0.1) is 0 Å². The molecule has 0 amide bonds. The molecule has 2 aromatic rings. The molecule has 0 saturated carbocycles. The third-order valence-corrected chi connectivity index (χ3v) is 6.95. The fraction of sp³-hybridized carbons (Fsp3) is 0.480. The van der Waals surface area contributed by atoms with Crippen LogP contribution in [0.4, 0.5) is 5.69 Å². The number of fused-ring (bicyclic) bond motifs is 3. The first kappa shape index (κ1) is 18.3. The van der Waals surface area contributed by atoms with Crippen molar-refractivity contribution < 1.29 is 0 Å². The van der Waals surface area contributed by atoms with Crippen LogP contribution >= 0.6 is 0 Å². The van der Waals surface area contributed by atoms with Gasteiger partial charge in [-0.2, -0.15) is 0 Å². The molecule has 1 aliphatic heterocycles. The molecule has 2 aliphatic rings. The molecule has 1 heterocycles. The smallest absolute Gasteiger partial charge is 0.203 e. The van der Waals surface area contributed by atoms with Crippen molar-refractivity contribution in [2.75, 3.05) is 32.1 Å². The SMILES string of the molecule is CC[N+]1=c2cc3c(cc2CCC1)=Cc1ccc(N(C)C)cc1C3(CC)CC. The average Bonchev–Trinajstić information content (AvgIpc) is 2.69. The van der Waals surface area contributed by atoms with E-state index in [-0.39, 0.29) is 5.41 Å². The second kappa shape index (κ2) is 6.82. The molecule has 0 atom stereocenters. The quantitative estimate of drug-likeness (QED) is 0.756. The Morgan fingerprint density at radius 1 is 1.00 bits per heavy atom. The normalized spacial score (nSPS) is 16.9.